The summed E-state index contributed by atoms with van der Waals surface area (Å²) >= 11 is 0. The molecule has 23 heavy (non-hydrogen) atoms. The van der Waals surface area contributed by atoms with Gasteiger partial charge >= 0.3 is 6.36 Å². The number of likely N-dealkylation sites (N-methyl/N-ethyl adjacent to an activating group) is 1. The van der Waals surface area contributed by atoms with Gasteiger partial charge in [0.1, 0.15) is 11.3 Å². The van der Waals surface area contributed by atoms with E-state index in [9.17, 15) is 22.8 Å². The number of para-hydroxylation sites is 1. The van der Waals surface area contributed by atoms with E-state index in [1.807, 2.05) is 0 Å². The van der Waals surface area contributed by atoms with Gasteiger partial charge in [-0.1, -0.05) is 25.0 Å². The smallest absolute Gasteiger partial charge is 0.405 e. The molecule has 1 fully saturated rings. The molecular weight excluding hydrogens is 313 g/mol. The minimum atomic E-state index is -4.91. The number of primary amides is 1. The molecule has 0 unspecified atom stereocenters. The molecule has 2 rings (SSSR count). The number of amides is 2. The maximum Gasteiger partial charge on any atom is 0.573 e. The van der Waals surface area contributed by atoms with Gasteiger partial charge in [-0.2, -0.15) is 0 Å². The number of hydrogen-bond acceptors (Lipinski definition) is 3. The van der Waals surface area contributed by atoms with Crippen LogP contribution >= 0.6 is 0 Å². The molecule has 0 saturated heterocycles. The maximum atomic E-state index is 12.6. The van der Waals surface area contributed by atoms with E-state index in [1.54, 1.807) is 0 Å². The summed E-state index contributed by atoms with van der Waals surface area (Å²) in [6.45, 7) is 0. The molecular formula is C15H17F3N2O3. The number of benzene rings is 1. The van der Waals surface area contributed by atoms with E-state index in [2.05, 4.69) is 4.74 Å². The molecule has 1 aliphatic carbocycles. The van der Waals surface area contributed by atoms with Gasteiger partial charge in [0.25, 0.3) is 5.91 Å². The monoisotopic (exact) mass is 330 g/mol. The van der Waals surface area contributed by atoms with Crippen LogP contribution in [0.1, 0.15) is 36.0 Å². The number of carbonyl (C=O) groups is 2. The van der Waals surface area contributed by atoms with Crippen molar-refractivity contribution < 1.29 is 27.5 Å². The summed E-state index contributed by atoms with van der Waals surface area (Å²) in [4.78, 5) is 25.6. The van der Waals surface area contributed by atoms with Gasteiger partial charge in [-0.3, -0.25) is 9.59 Å². The van der Waals surface area contributed by atoms with Crippen LogP contribution in [0, 0.1) is 0 Å². The highest BCUT2D eigenvalue weighted by Crippen LogP contribution is 2.36. The maximum absolute atomic E-state index is 12.6. The second-order valence-electron chi connectivity index (χ2n) is 5.51. The number of ether oxygens (including phenoxy) is 1. The van der Waals surface area contributed by atoms with Crippen LogP contribution in [-0.2, 0) is 4.79 Å². The van der Waals surface area contributed by atoms with Crippen molar-refractivity contribution in [3.8, 4) is 5.75 Å². The molecule has 0 aromatic heterocycles. The number of rotatable bonds is 4. The molecule has 0 aliphatic heterocycles. The van der Waals surface area contributed by atoms with E-state index in [0.717, 1.165) is 23.8 Å². The lowest BCUT2D eigenvalue weighted by atomic mass is 9.93. The molecule has 0 heterocycles. The molecule has 1 aromatic rings. The van der Waals surface area contributed by atoms with Crippen molar-refractivity contribution in [2.45, 2.75) is 37.6 Å². The molecule has 8 heteroatoms. The first-order valence-electron chi connectivity index (χ1n) is 7.10. The second-order valence-corrected chi connectivity index (χ2v) is 5.51. The minimum Gasteiger partial charge on any atom is -0.405 e. The number of carbonyl (C=O) groups excluding carboxylic acids is 2. The van der Waals surface area contributed by atoms with E-state index in [4.69, 9.17) is 5.73 Å². The van der Waals surface area contributed by atoms with Crippen LogP contribution in [-0.4, -0.2) is 35.7 Å². The second kappa shape index (κ2) is 6.10. The molecule has 0 atom stereocenters. The summed E-state index contributed by atoms with van der Waals surface area (Å²) in [6, 6.07) is 5.04. The number of alkyl halides is 3. The van der Waals surface area contributed by atoms with Crippen molar-refractivity contribution in [3.05, 3.63) is 29.8 Å². The predicted molar refractivity (Wildman–Crippen MR) is 75.6 cm³/mol. The van der Waals surface area contributed by atoms with Gasteiger partial charge < -0.3 is 15.4 Å². The average Bonchev–Trinajstić information content (AvgIpc) is 2.95. The highest BCUT2D eigenvalue weighted by molar-refractivity contribution is 6.00. The van der Waals surface area contributed by atoms with Crippen molar-refractivity contribution in [1.29, 1.82) is 0 Å². The molecule has 1 aromatic carbocycles. The topological polar surface area (TPSA) is 72.6 Å². The van der Waals surface area contributed by atoms with Gasteiger partial charge in [0, 0.05) is 7.05 Å². The Bertz CT molecular complexity index is 610. The first-order valence-corrected chi connectivity index (χ1v) is 7.10. The molecule has 0 bridgehead atoms. The summed E-state index contributed by atoms with van der Waals surface area (Å²) in [6.07, 6.45) is -2.67. The fourth-order valence-electron chi connectivity index (χ4n) is 2.94. The van der Waals surface area contributed by atoms with Crippen molar-refractivity contribution >= 4 is 11.8 Å². The molecule has 126 valence electrons. The van der Waals surface area contributed by atoms with E-state index in [-0.39, 0.29) is 5.56 Å². The van der Waals surface area contributed by atoms with Gasteiger partial charge in [-0.15, -0.1) is 13.2 Å². The van der Waals surface area contributed by atoms with Crippen molar-refractivity contribution in [1.82, 2.24) is 4.90 Å². The third-order valence-electron chi connectivity index (χ3n) is 4.18. The Labute approximate surface area is 131 Å². The van der Waals surface area contributed by atoms with Crippen LogP contribution in [0.5, 0.6) is 5.75 Å². The molecule has 1 saturated carbocycles. The Kier molecular flexibility index (Phi) is 4.53. The van der Waals surface area contributed by atoms with Gasteiger partial charge in [0.2, 0.25) is 5.91 Å². The van der Waals surface area contributed by atoms with Crippen LogP contribution < -0.4 is 10.5 Å². The summed E-state index contributed by atoms with van der Waals surface area (Å²) < 4.78 is 41.3. The third kappa shape index (κ3) is 3.40. The minimum absolute atomic E-state index is 0.264. The number of hydrogen-bond donors (Lipinski definition) is 1. The quantitative estimate of drug-likeness (QED) is 0.922. The predicted octanol–water partition coefficient (Wildman–Crippen LogP) is 2.46. The average molecular weight is 330 g/mol. The Morgan fingerprint density at radius 3 is 2.30 bits per heavy atom. The van der Waals surface area contributed by atoms with Crippen LogP contribution in [0.4, 0.5) is 13.2 Å². The Morgan fingerprint density at radius 2 is 1.78 bits per heavy atom. The van der Waals surface area contributed by atoms with Crippen molar-refractivity contribution in [2.75, 3.05) is 7.05 Å². The molecule has 5 nitrogen and oxygen atoms in total. The molecule has 2 N–H and O–H groups in total. The molecule has 1 aliphatic rings. The summed E-state index contributed by atoms with van der Waals surface area (Å²) in [5.41, 5.74) is 4.02. The normalized spacial score (nSPS) is 16.9. The summed E-state index contributed by atoms with van der Waals surface area (Å²) in [5.74, 6) is -1.99. The Morgan fingerprint density at radius 1 is 1.22 bits per heavy atom. The van der Waals surface area contributed by atoms with Gasteiger partial charge in [0.15, 0.2) is 0 Å². The SMILES string of the molecule is CN(C(=O)c1ccccc1OC(F)(F)F)C1(C(N)=O)CCCC1. The van der Waals surface area contributed by atoms with E-state index >= 15 is 0 Å². The van der Waals surface area contributed by atoms with Gasteiger partial charge in [0.05, 0.1) is 5.56 Å². The van der Waals surface area contributed by atoms with Crippen LogP contribution in [0.2, 0.25) is 0 Å². The van der Waals surface area contributed by atoms with Crippen molar-refractivity contribution in [3.63, 3.8) is 0 Å². The highest BCUT2D eigenvalue weighted by Gasteiger charge is 2.46. The lowest BCUT2D eigenvalue weighted by Gasteiger charge is -2.36. The number of halogens is 3. The van der Waals surface area contributed by atoms with Crippen LogP contribution in [0.15, 0.2) is 24.3 Å². The molecule has 2 amide bonds. The molecule has 0 spiro atoms. The standard InChI is InChI=1S/C15H17F3N2O3/c1-20(14(13(19)22)8-4-5-9-14)12(21)10-6-2-3-7-11(10)23-15(16,17)18/h2-3,6-7H,4-5,8-9H2,1H3,(H2,19,22). The number of nitrogens with zero attached hydrogens (tertiary/aromatic N) is 1. The Balaban J connectivity index is 2.35. The Hall–Kier alpha value is -2.25. The molecule has 0 radical (unpaired) electrons. The zero-order valence-corrected chi connectivity index (χ0v) is 12.5. The van der Waals surface area contributed by atoms with Gasteiger partial charge in [-0.25, -0.2) is 0 Å². The van der Waals surface area contributed by atoms with E-state index in [0.29, 0.717) is 12.8 Å². The first kappa shape index (κ1) is 17.1. The number of nitrogens with two attached hydrogens (primary N) is 1. The van der Waals surface area contributed by atoms with Crippen LogP contribution in [0.3, 0.4) is 0 Å². The zero-order valence-electron chi connectivity index (χ0n) is 12.5. The third-order valence-corrected chi connectivity index (χ3v) is 4.18. The highest BCUT2D eigenvalue weighted by atomic mass is 19.4. The van der Waals surface area contributed by atoms with Gasteiger partial charge in [-0.05, 0) is 25.0 Å². The van der Waals surface area contributed by atoms with E-state index in [1.165, 1.54) is 25.2 Å². The lowest BCUT2D eigenvalue weighted by molar-refractivity contribution is -0.274. The van der Waals surface area contributed by atoms with Crippen LogP contribution in [0.25, 0.3) is 0 Å². The van der Waals surface area contributed by atoms with E-state index < -0.39 is 29.5 Å². The fraction of sp³-hybridized carbons (Fsp3) is 0.467. The fourth-order valence-corrected chi connectivity index (χ4v) is 2.94. The summed E-state index contributed by atoms with van der Waals surface area (Å²) in [7, 11) is 1.38. The first-order chi connectivity index (χ1) is 10.7. The zero-order chi connectivity index (χ0) is 17.3. The summed E-state index contributed by atoms with van der Waals surface area (Å²) in [5, 5.41) is 0. The largest absolute Gasteiger partial charge is 0.573 e. The lowest BCUT2D eigenvalue weighted by Crippen LogP contribution is -2.56. The van der Waals surface area contributed by atoms with Crippen molar-refractivity contribution in [2.24, 2.45) is 5.73 Å².